The zero-order valence-electron chi connectivity index (χ0n) is 9.25. The van der Waals surface area contributed by atoms with Crippen LogP contribution in [-0.2, 0) is 4.79 Å². The van der Waals surface area contributed by atoms with Crippen LogP contribution in [0.25, 0.3) is 0 Å². The lowest BCUT2D eigenvalue weighted by atomic mass is 9.79. The Bertz CT molecular complexity index is 261. The van der Waals surface area contributed by atoms with Crippen LogP contribution >= 0.6 is 0 Å². The highest BCUT2D eigenvalue weighted by atomic mass is 16.4. The molecule has 0 bridgehead atoms. The third-order valence-electron chi connectivity index (χ3n) is 2.86. The first-order valence-electron chi connectivity index (χ1n) is 5.26. The number of carboxylic acid groups (broad SMARTS) is 1. The molecule has 0 aromatic rings. The molecule has 86 valence electrons. The lowest BCUT2D eigenvalue weighted by molar-refractivity contribution is -0.137. The molecule has 0 radical (unpaired) electrons. The van der Waals surface area contributed by atoms with Gasteiger partial charge in [0.1, 0.15) is 6.54 Å². The Kier molecular flexibility index (Phi) is 3.55. The maximum Gasteiger partial charge on any atom is 0.323 e. The number of carboxylic acids is 1. The van der Waals surface area contributed by atoms with Crippen LogP contribution < -0.4 is 5.32 Å². The molecule has 1 fully saturated rings. The number of urea groups is 1. The predicted octanol–water partition coefficient (Wildman–Crippen LogP) is 1.05. The summed E-state index contributed by atoms with van der Waals surface area (Å²) in [6.45, 7) is 3.93. The zero-order chi connectivity index (χ0) is 11.5. The van der Waals surface area contributed by atoms with Crippen molar-refractivity contribution in [3.05, 3.63) is 0 Å². The normalized spacial score (nSPS) is 17.7. The van der Waals surface area contributed by atoms with Crippen molar-refractivity contribution in [3.8, 4) is 0 Å². The van der Waals surface area contributed by atoms with Crippen LogP contribution in [-0.4, -0.2) is 40.6 Å². The summed E-state index contributed by atoms with van der Waals surface area (Å²) in [5.74, 6) is -0.981. The number of aliphatic carboxylic acids is 1. The average Bonchev–Trinajstić information content (AvgIpc) is 2.11. The summed E-state index contributed by atoms with van der Waals surface area (Å²) in [5, 5.41) is 11.5. The maximum atomic E-state index is 11.7. The fraction of sp³-hybridized carbons (Fsp3) is 0.800. The fourth-order valence-corrected chi connectivity index (χ4v) is 1.66. The standard InChI is InChI=1S/C10H18N2O3/c1-3-12(7-8(13)14)9(15)11-10(2)5-4-6-10/h3-7H2,1-2H3,(H,11,15)(H,13,14). The molecule has 0 aromatic heterocycles. The van der Waals surface area contributed by atoms with Gasteiger partial charge in [-0.25, -0.2) is 4.79 Å². The summed E-state index contributed by atoms with van der Waals surface area (Å²) >= 11 is 0. The first-order chi connectivity index (χ1) is 6.97. The largest absolute Gasteiger partial charge is 0.480 e. The second kappa shape index (κ2) is 4.51. The van der Waals surface area contributed by atoms with Crippen LogP contribution in [0.1, 0.15) is 33.1 Å². The van der Waals surface area contributed by atoms with Crippen LogP contribution in [0.5, 0.6) is 0 Å². The van der Waals surface area contributed by atoms with Gasteiger partial charge in [0, 0.05) is 12.1 Å². The molecule has 1 aliphatic carbocycles. The molecule has 0 atom stereocenters. The van der Waals surface area contributed by atoms with E-state index < -0.39 is 5.97 Å². The molecule has 1 saturated carbocycles. The van der Waals surface area contributed by atoms with E-state index in [0.717, 1.165) is 19.3 Å². The van der Waals surface area contributed by atoms with E-state index in [1.807, 2.05) is 6.92 Å². The molecular weight excluding hydrogens is 196 g/mol. The number of rotatable bonds is 4. The van der Waals surface area contributed by atoms with Crippen molar-refractivity contribution in [1.29, 1.82) is 0 Å². The highest BCUT2D eigenvalue weighted by Crippen LogP contribution is 2.30. The molecule has 0 unspecified atom stereocenters. The monoisotopic (exact) mass is 214 g/mol. The van der Waals surface area contributed by atoms with E-state index in [4.69, 9.17) is 5.11 Å². The number of carbonyl (C=O) groups is 2. The Balaban J connectivity index is 2.45. The van der Waals surface area contributed by atoms with Crippen molar-refractivity contribution in [2.75, 3.05) is 13.1 Å². The van der Waals surface area contributed by atoms with Gasteiger partial charge in [0.15, 0.2) is 0 Å². The molecular formula is C10H18N2O3. The van der Waals surface area contributed by atoms with Crippen molar-refractivity contribution < 1.29 is 14.7 Å². The van der Waals surface area contributed by atoms with Gasteiger partial charge < -0.3 is 15.3 Å². The van der Waals surface area contributed by atoms with Gasteiger partial charge in [0.25, 0.3) is 0 Å². The Morgan fingerprint density at radius 1 is 1.47 bits per heavy atom. The number of amides is 2. The minimum atomic E-state index is -0.981. The molecule has 0 heterocycles. The summed E-state index contributed by atoms with van der Waals surface area (Å²) in [7, 11) is 0. The van der Waals surface area contributed by atoms with Gasteiger partial charge in [-0.2, -0.15) is 0 Å². The van der Waals surface area contributed by atoms with Crippen molar-refractivity contribution in [3.63, 3.8) is 0 Å². The van der Waals surface area contributed by atoms with E-state index in [0.29, 0.717) is 6.54 Å². The third kappa shape index (κ3) is 3.11. The topological polar surface area (TPSA) is 69.6 Å². The van der Waals surface area contributed by atoms with Gasteiger partial charge >= 0.3 is 12.0 Å². The van der Waals surface area contributed by atoms with Gasteiger partial charge in [-0.3, -0.25) is 4.79 Å². The molecule has 1 rings (SSSR count). The van der Waals surface area contributed by atoms with Crippen LogP contribution in [0.3, 0.4) is 0 Å². The van der Waals surface area contributed by atoms with E-state index >= 15 is 0 Å². The van der Waals surface area contributed by atoms with Gasteiger partial charge in [0.2, 0.25) is 0 Å². The molecule has 15 heavy (non-hydrogen) atoms. The van der Waals surface area contributed by atoms with Gasteiger partial charge in [-0.1, -0.05) is 0 Å². The Morgan fingerprint density at radius 2 is 2.07 bits per heavy atom. The third-order valence-corrected chi connectivity index (χ3v) is 2.86. The highest BCUT2D eigenvalue weighted by molar-refractivity contribution is 5.80. The van der Waals surface area contributed by atoms with Crippen molar-refractivity contribution in [2.45, 2.75) is 38.6 Å². The second-order valence-electron chi connectivity index (χ2n) is 4.25. The smallest absolute Gasteiger partial charge is 0.323 e. The van der Waals surface area contributed by atoms with E-state index in [2.05, 4.69) is 5.32 Å². The molecule has 0 aliphatic heterocycles. The quantitative estimate of drug-likeness (QED) is 0.734. The summed E-state index contributed by atoms with van der Waals surface area (Å²) in [6, 6.07) is -0.276. The Morgan fingerprint density at radius 3 is 2.40 bits per heavy atom. The lowest BCUT2D eigenvalue weighted by Gasteiger charge is -2.40. The number of hydrogen-bond donors (Lipinski definition) is 2. The molecule has 2 amide bonds. The average molecular weight is 214 g/mol. The van der Waals surface area contributed by atoms with E-state index in [-0.39, 0.29) is 18.1 Å². The highest BCUT2D eigenvalue weighted by Gasteiger charge is 2.34. The molecule has 0 saturated heterocycles. The van der Waals surface area contributed by atoms with Crippen LogP contribution in [0, 0.1) is 0 Å². The molecule has 0 aromatic carbocycles. The van der Waals surface area contributed by atoms with Gasteiger partial charge in [-0.15, -0.1) is 0 Å². The summed E-state index contributed by atoms with van der Waals surface area (Å²) in [6.07, 6.45) is 3.08. The number of likely N-dealkylation sites (N-methyl/N-ethyl adjacent to an activating group) is 1. The molecule has 0 spiro atoms. The Hall–Kier alpha value is -1.26. The minimum Gasteiger partial charge on any atom is -0.480 e. The van der Waals surface area contributed by atoms with Crippen molar-refractivity contribution in [1.82, 2.24) is 10.2 Å². The predicted molar refractivity (Wildman–Crippen MR) is 55.7 cm³/mol. The first kappa shape index (κ1) is 11.8. The number of hydrogen-bond acceptors (Lipinski definition) is 2. The van der Waals surface area contributed by atoms with Crippen LogP contribution in [0.2, 0.25) is 0 Å². The summed E-state index contributed by atoms with van der Waals surface area (Å²) < 4.78 is 0. The van der Waals surface area contributed by atoms with E-state index in [1.165, 1.54) is 4.90 Å². The number of nitrogens with zero attached hydrogens (tertiary/aromatic N) is 1. The van der Waals surface area contributed by atoms with Crippen molar-refractivity contribution >= 4 is 12.0 Å². The lowest BCUT2D eigenvalue weighted by Crippen LogP contribution is -2.55. The Labute approximate surface area is 89.4 Å². The van der Waals surface area contributed by atoms with E-state index in [1.54, 1.807) is 6.92 Å². The molecule has 2 N–H and O–H groups in total. The van der Waals surface area contributed by atoms with Crippen LogP contribution in [0.4, 0.5) is 4.79 Å². The molecule has 1 aliphatic rings. The molecule has 5 nitrogen and oxygen atoms in total. The van der Waals surface area contributed by atoms with Crippen molar-refractivity contribution in [2.24, 2.45) is 0 Å². The number of nitrogens with one attached hydrogen (secondary N) is 1. The zero-order valence-corrected chi connectivity index (χ0v) is 9.25. The summed E-state index contributed by atoms with van der Waals surface area (Å²) in [5.41, 5.74) is -0.122. The second-order valence-corrected chi connectivity index (χ2v) is 4.25. The number of carbonyl (C=O) groups excluding carboxylic acids is 1. The van der Waals surface area contributed by atoms with E-state index in [9.17, 15) is 9.59 Å². The molecule has 5 heteroatoms. The SMILES string of the molecule is CCN(CC(=O)O)C(=O)NC1(C)CCC1. The fourth-order valence-electron chi connectivity index (χ4n) is 1.66. The van der Waals surface area contributed by atoms with Gasteiger partial charge in [-0.05, 0) is 33.1 Å². The minimum absolute atomic E-state index is 0.122. The maximum absolute atomic E-state index is 11.7. The van der Waals surface area contributed by atoms with Gasteiger partial charge in [0.05, 0.1) is 0 Å². The summed E-state index contributed by atoms with van der Waals surface area (Å²) in [4.78, 5) is 23.5. The first-order valence-corrected chi connectivity index (χ1v) is 5.26. The van der Waals surface area contributed by atoms with Crippen LogP contribution in [0.15, 0.2) is 0 Å².